The minimum atomic E-state index is -3.60. The molecule has 0 heterocycles. The molecule has 1 aromatic rings. The van der Waals surface area contributed by atoms with Crippen molar-refractivity contribution >= 4 is 37.5 Å². The Kier molecular flexibility index (Phi) is 6.22. The van der Waals surface area contributed by atoms with Crippen LogP contribution in [-0.4, -0.2) is 54.6 Å². The van der Waals surface area contributed by atoms with Crippen molar-refractivity contribution in [2.75, 3.05) is 37.7 Å². The summed E-state index contributed by atoms with van der Waals surface area (Å²) in [5.41, 5.74) is 1.16. The molecule has 10 heteroatoms. The second kappa shape index (κ2) is 7.14. The molecule has 1 N–H and O–H groups in total. The number of rotatable bonds is 7. The Hall–Kier alpha value is -0.870. The molecule has 0 saturated carbocycles. The SMILES string of the molecule is Cc1cc(Cl)ccc1N(CCNS(=O)(=O)N(C)C)S(C)(=O)=O. The lowest BCUT2D eigenvalue weighted by molar-refractivity contribution is 0.506. The van der Waals surface area contributed by atoms with Crippen LogP contribution in [0.1, 0.15) is 5.56 Å². The van der Waals surface area contributed by atoms with Gasteiger partial charge in [0.05, 0.1) is 11.9 Å². The Balaban J connectivity index is 2.97. The number of anilines is 1. The first-order valence-electron chi connectivity index (χ1n) is 6.36. The average Bonchev–Trinajstić information content (AvgIpc) is 2.34. The lowest BCUT2D eigenvalue weighted by atomic mass is 10.2. The fraction of sp³-hybridized carbons (Fsp3) is 0.500. The number of hydrogen-bond acceptors (Lipinski definition) is 4. The van der Waals surface area contributed by atoms with Crippen LogP contribution in [0.2, 0.25) is 5.02 Å². The van der Waals surface area contributed by atoms with E-state index in [0.717, 1.165) is 14.9 Å². The quantitative estimate of drug-likeness (QED) is 0.770. The van der Waals surface area contributed by atoms with Gasteiger partial charge in [-0.3, -0.25) is 4.31 Å². The second-order valence-corrected chi connectivity index (χ2v) is 9.26. The maximum Gasteiger partial charge on any atom is 0.278 e. The molecule has 0 bridgehead atoms. The zero-order chi connectivity index (χ0) is 17.1. The number of nitrogens with zero attached hydrogens (tertiary/aromatic N) is 2. The lowest BCUT2D eigenvalue weighted by Gasteiger charge is -2.24. The largest absolute Gasteiger partial charge is 0.278 e. The minimum absolute atomic E-state index is 0.0195. The average molecular weight is 370 g/mol. The Morgan fingerprint density at radius 1 is 1.18 bits per heavy atom. The molecule has 22 heavy (non-hydrogen) atoms. The molecule has 126 valence electrons. The van der Waals surface area contributed by atoms with Crippen LogP contribution in [0.25, 0.3) is 0 Å². The highest BCUT2D eigenvalue weighted by Crippen LogP contribution is 2.25. The number of sulfonamides is 1. The Bertz CT molecular complexity index is 733. The van der Waals surface area contributed by atoms with Crippen molar-refractivity contribution in [2.24, 2.45) is 0 Å². The third-order valence-electron chi connectivity index (χ3n) is 2.91. The van der Waals surface area contributed by atoms with E-state index in [1.807, 2.05) is 0 Å². The molecule has 0 atom stereocenters. The maximum atomic E-state index is 12.0. The van der Waals surface area contributed by atoms with Gasteiger partial charge in [0, 0.05) is 32.2 Å². The normalized spacial score (nSPS) is 12.6. The third-order valence-corrected chi connectivity index (χ3v) is 5.85. The van der Waals surface area contributed by atoms with Crippen molar-refractivity contribution in [3.8, 4) is 0 Å². The van der Waals surface area contributed by atoms with Crippen molar-refractivity contribution in [1.82, 2.24) is 9.03 Å². The minimum Gasteiger partial charge on any atom is -0.269 e. The fourth-order valence-electron chi connectivity index (χ4n) is 1.77. The van der Waals surface area contributed by atoms with Gasteiger partial charge in [0.2, 0.25) is 10.0 Å². The first-order chi connectivity index (χ1) is 9.95. The summed E-state index contributed by atoms with van der Waals surface area (Å²) in [6.45, 7) is 1.67. The van der Waals surface area contributed by atoms with E-state index in [0.29, 0.717) is 16.3 Å². The zero-order valence-corrected chi connectivity index (χ0v) is 15.3. The molecule has 0 aliphatic carbocycles. The molecule has 0 aliphatic heterocycles. The van der Waals surface area contributed by atoms with Crippen LogP contribution in [0.5, 0.6) is 0 Å². The topological polar surface area (TPSA) is 86.8 Å². The van der Waals surface area contributed by atoms with E-state index >= 15 is 0 Å². The number of nitrogens with one attached hydrogen (secondary N) is 1. The summed E-state index contributed by atoms with van der Waals surface area (Å²) < 4.78 is 51.7. The summed E-state index contributed by atoms with van der Waals surface area (Å²) in [6.07, 6.45) is 1.07. The summed E-state index contributed by atoms with van der Waals surface area (Å²) in [4.78, 5) is 0. The van der Waals surface area contributed by atoms with E-state index < -0.39 is 20.2 Å². The van der Waals surface area contributed by atoms with Crippen molar-refractivity contribution in [3.63, 3.8) is 0 Å². The monoisotopic (exact) mass is 369 g/mol. The van der Waals surface area contributed by atoms with Gasteiger partial charge in [0.15, 0.2) is 0 Å². The molecule has 0 radical (unpaired) electrons. The fourth-order valence-corrected chi connectivity index (χ4v) is 3.59. The second-order valence-electron chi connectivity index (χ2n) is 4.95. The van der Waals surface area contributed by atoms with Gasteiger partial charge in [-0.2, -0.15) is 12.7 Å². The van der Waals surface area contributed by atoms with Gasteiger partial charge in [0.1, 0.15) is 0 Å². The Labute approximate surface area is 137 Å². The predicted octanol–water partition coefficient (Wildman–Crippen LogP) is 0.810. The van der Waals surface area contributed by atoms with Gasteiger partial charge in [-0.25, -0.2) is 13.1 Å². The smallest absolute Gasteiger partial charge is 0.269 e. The van der Waals surface area contributed by atoms with Crippen LogP contribution in [0.3, 0.4) is 0 Å². The van der Waals surface area contributed by atoms with E-state index in [2.05, 4.69) is 4.72 Å². The number of hydrogen-bond donors (Lipinski definition) is 1. The van der Waals surface area contributed by atoms with Crippen molar-refractivity contribution in [3.05, 3.63) is 28.8 Å². The molecule has 0 aliphatic rings. The van der Waals surface area contributed by atoms with Crippen molar-refractivity contribution < 1.29 is 16.8 Å². The zero-order valence-electron chi connectivity index (χ0n) is 12.9. The molecule has 0 fully saturated rings. The van der Waals surface area contributed by atoms with E-state index in [1.165, 1.54) is 14.1 Å². The summed E-state index contributed by atoms with van der Waals surface area (Å²) in [7, 11) is -4.37. The van der Waals surface area contributed by atoms with Gasteiger partial charge in [0.25, 0.3) is 10.2 Å². The predicted molar refractivity (Wildman–Crippen MR) is 89.0 cm³/mol. The molecular weight excluding hydrogens is 350 g/mol. The number of aryl methyl sites for hydroxylation is 1. The summed E-state index contributed by atoms with van der Waals surface area (Å²) in [5, 5.41) is 0.503. The molecule has 0 aromatic heterocycles. The van der Waals surface area contributed by atoms with Crippen LogP contribution in [-0.2, 0) is 20.2 Å². The van der Waals surface area contributed by atoms with Crippen molar-refractivity contribution in [2.45, 2.75) is 6.92 Å². The number of benzene rings is 1. The molecule has 7 nitrogen and oxygen atoms in total. The van der Waals surface area contributed by atoms with E-state index in [9.17, 15) is 16.8 Å². The van der Waals surface area contributed by atoms with Gasteiger partial charge >= 0.3 is 0 Å². The van der Waals surface area contributed by atoms with Gasteiger partial charge in [-0.05, 0) is 30.7 Å². The molecule has 1 aromatic carbocycles. The van der Waals surface area contributed by atoms with E-state index in [1.54, 1.807) is 25.1 Å². The molecule has 0 spiro atoms. The molecular formula is C12H20ClN3O4S2. The van der Waals surface area contributed by atoms with Crippen LogP contribution < -0.4 is 9.03 Å². The summed E-state index contributed by atoms with van der Waals surface area (Å²) in [5.74, 6) is 0. The highest BCUT2D eigenvalue weighted by molar-refractivity contribution is 7.92. The Morgan fingerprint density at radius 3 is 2.23 bits per heavy atom. The summed E-state index contributed by atoms with van der Waals surface area (Å²) >= 11 is 5.87. The first-order valence-corrected chi connectivity index (χ1v) is 10.0. The van der Waals surface area contributed by atoms with Gasteiger partial charge in [-0.15, -0.1) is 0 Å². The maximum absolute atomic E-state index is 12.0. The van der Waals surface area contributed by atoms with Crippen LogP contribution >= 0.6 is 11.6 Å². The first kappa shape index (κ1) is 19.2. The van der Waals surface area contributed by atoms with Crippen LogP contribution in [0.4, 0.5) is 5.69 Å². The molecule has 0 unspecified atom stereocenters. The molecule has 0 saturated heterocycles. The lowest BCUT2D eigenvalue weighted by Crippen LogP contribution is -2.42. The van der Waals surface area contributed by atoms with Gasteiger partial charge < -0.3 is 0 Å². The van der Waals surface area contributed by atoms with Gasteiger partial charge in [-0.1, -0.05) is 11.6 Å². The third kappa shape index (κ3) is 5.10. The van der Waals surface area contributed by atoms with E-state index in [-0.39, 0.29) is 13.1 Å². The molecule has 0 amide bonds. The highest BCUT2D eigenvalue weighted by atomic mass is 35.5. The van der Waals surface area contributed by atoms with E-state index in [4.69, 9.17) is 11.6 Å². The Morgan fingerprint density at radius 2 is 1.77 bits per heavy atom. The summed E-state index contributed by atoms with van der Waals surface area (Å²) in [6, 6.07) is 4.84. The highest BCUT2D eigenvalue weighted by Gasteiger charge is 2.20. The van der Waals surface area contributed by atoms with Crippen LogP contribution in [0.15, 0.2) is 18.2 Å². The van der Waals surface area contributed by atoms with Crippen molar-refractivity contribution in [1.29, 1.82) is 0 Å². The van der Waals surface area contributed by atoms with Crippen LogP contribution in [0, 0.1) is 6.92 Å². The molecule has 1 rings (SSSR count). The number of halogens is 1. The standard InChI is InChI=1S/C12H20ClN3O4S2/c1-10-9-11(13)5-6-12(10)16(21(4,17)18)8-7-14-22(19,20)15(2)3/h5-6,9,14H,7-8H2,1-4H3.